The van der Waals surface area contributed by atoms with Crippen LogP contribution in [0.1, 0.15) is 11.3 Å². The largest absolute Gasteiger partial charge is 0.211 e. The summed E-state index contributed by atoms with van der Waals surface area (Å²) in [5.41, 5.74) is 4.91. The SMILES string of the molecule is Cc1cc(C)[nH+]c(-c2ccccc2)c1. The topological polar surface area (TPSA) is 14.1 Å². The zero-order valence-corrected chi connectivity index (χ0v) is 8.54. The lowest BCUT2D eigenvalue weighted by molar-refractivity contribution is -0.374. The number of hydrogen-bond donors (Lipinski definition) is 0. The van der Waals surface area contributed by atoms with E-state index < -0.39 is 0 Å². The number of rotatable bonds is 1. The van der Waals surface area contributed by atoms with Gasteiger partial charge in [-0.25, -0.2) is 4.98 Å². The first-order valence-corrected chi connectivity index (χ1v) is 4.82. The Bertz CT molecular complexity index is 412. The maximum absolute atomic E-state index is 3.36. The number of hydrogen-bond acceptors (Lipinski definition) is 0. The minimum atomic E-state index is 1.18. The molecule has 1 N–H and O–H groups in total. The molecule has 1 nitrogen and oxygen atoms in total. The van der Waals surface area contributed by atoms with Crippen molar-refractivity contribution in [2.45, 2.75) is 13.8 Å². The molecule has 0 bridgehead atoms. The maximum Gasteiger partial charge on any atom is 0.211 e. The van der Waals surface area contributed by atoms with Gasteiger partial charge in [0.25, 0.3) is 0 Å². The van der Waals surface area contributed by atoms with Crippen molar-refractivity contribution in [3.8, 4) is 11.3 Å². The number of aromatic amines is 1. The molecule has 1 heteroatoms. The minimum Gasteiger partial charge on any atom is -0.209 e. The van der Waals surface area contributed by atoms with Crippen LogP contribution in [0.3, 0.4) is 0 Å². The lowest BCUT2D eigenvalue weighted by Gasteiger charge is -1.97. The van der Waals surface area contributed by atoms with Gasteiger partial charge in [0, 0.05) is 24.6 Å². The molecule has 1 aromatic carbocycles. The normalized spacial score (nSPS) is 10.1. The van der Waals surface area contributed by atoms with E-state index in [1.807, 2.05) is 6.07 Å². The van der Waals surface area contributed by atoms with E-state index in [4.69, 9.17) is 0 Å². The Hall–Kier alpha value is -1.63. The van der Waals surface area contributed by atoms with E-state index in [1.54, 1.807) is 0 Å². The van der Waals surface area contributed by atoms with Crippen molar-refractivity contribution in [3.63, 3.8) is 0 Å². The van der Waals surface area contributed by atoms with Gasteiger partial charge in [-0.2, -0.15) is 0 Å². The number of nitrogens with one attached hydrogen (secondary N) is 1. The summed E-state index contributed by atoms with van der Waals surface area (Å²) in [5.74, 6) is 0. The molecule has 1 heterocycles. The molecule has 0 amide bonds. The van der Waals surface area contributed by atoms with Crippen LogP contribution in [0, 0.1) is 13.8 Å². The van der Waals surface area contributed by atoms with Crippen LogP contribution in [-0.4, -0.2) is 0 Å². The van der Waals surface area contributed by atoms with Gasteiger partial charge in [0.2, 0.25) is 5.69 Å². The summed E-state index contributed by atoms with van der Waals surface area (Å²) >= 11 is 0. The first-order valence-electron chi connectivity index (χ1n) is 4.82. The van der Waals surface area contributed by atoms with Crippen LogP contribution in [0.15, 0.2) is 42.5 Å². The molecular weight excluding hydrogens is 170 g/mol. The fraction of sp³-hybridized carbons (Fsp3) is 0.154. The van der Waals surface area contributed by atoms with E-state index in [0.29, 0.717) is 0 Å². The van der Waals surface area contributed by atoms with Gasteiger partial charge in [0.05, 0.1) is 0 Å². The zero-order chi connectivity index (χ0) is 9.97. The molecule has 0 fully saturated rings. The molecule has 0 aliphatic rings. The highest BCUT2D eigenvalue weighted by Gasteiger charge is 2.06. The van der Waals surface area contributed by atoms with Crippen molar-refractivity contribution in [2.24, 2.45) is 0 Å². The first-order chi connectivity index (χ1) is 6.75. The third-order valence-corrected chi connectivity index (χ3v) is 2.23. The highest BCUT2D eigenvalue weighted by atomic mass is 14.7. The lowest BCUT2D eigenvalue weighted by Crippen LogP contribution is -2.11. The quantitative estimate of drug-likeness (QED) is 0.647. The summed E-state index contributed by atoms with van der Waals surface area (Å²) in [4.78, 5) is 3.36. The van der Waals surface area contributed by atoms with Crippen LogP contribution in [-0.2, 0) is 0 Å². The molecule has 0 aliphatic heterocycles. The predicted molar refractivity (Wildman–Crippen MR) is 57.9 cm³/mol. The van der Waals surface area contributed by atoms with Crippen LogP contribution in [0.4, 0.5) is 0 Å². The molecule has 0 spiro atoms. The number of aryl methyl sites for hydroxylation is 2. The summed E-state index contributed by atoms with van der Waals surface area (Å²) in [5, 5.41) is 0. The van der Waals surface area contributed by atoms with Crippen molar-refractivity contribution >= 4 is 0 Å². The van der Waals surface area contributed by atoms with Gasteiger partial charge >= 0.3 is 0 Å². The molecule has 0 saturated heterocycles. The van der Waals surface area contributed by atoms with Gasteiger partial charge in [-0.1, -0.05) is 18.2 Å². The highest BCUT2D eigenvalue weighted by molar-refractivity contribution is 5.56. The smallest absolute Gasteiger partial charge is 0.209 e. The van der Waals surface area contributed by atoms with Gasteiger partial charge in [-0.05, 0) is 24.6 Å². The van der Waals surface area contributed by atoms with Crippen molar-refractivity contribution < 1.29 is 4.98 Å². The molecule has 0 atom stereocenters. The number of aromatic nitrogens is 1. The van der Waals surface area contributed by atoms with E-state index >= 15 is 0 Å². The molecule has 0 saturated carbocycles. The Labute approximate surface area is 84.4 Å². The van der Waals surface area contributed by atoms with E-state index in [2.05, 4.69) is 55.2 Å². The standard InChI is InChI=1S/C13H13N/c1-10-8-11(2)14-13(9-10)12-6-4-3-5-7-12/h3-9H,1-2H3/p+1. The van der Waals surface area contributed by atoms with Gasteiger partial charge < -0.3 is 0 Å². The summed E-state index contributed by atoms with van der Waals surface area (Å²) in [6.45, 7) is 4.20. The first kappa shape index (κ1) is 8.95. The summed E-state index contributed by atoms with van der Waals surface area (Å²) in [6.07, 6.45) is 0. The minimum absolute atomic E-state index is 1.18. The Kier molecular flexibility index (Phi) is 2.32. The molecule has 0 radical (unpaired) electrons. The van der Waals surface area contributed by atoms with E-state index in [1.165, 1.54) is 22.5 Å². The Morgan fingerprint density at radius 3 is 2.29 bits per heavy atom. The second-order valence-corrected chi connectivity index (χ2v) is 3.62. The Morgan fingerprint density at radius 1 is 0.929 bits per heavy atom. The molecule has 2 aromatic rings. The number of H-pyrrole nitrogens is 1. The van der Waals surface area contributed by atoms with Crippen LogP contribution in [0.5, 0.6) is 0 Å². The van der Waals surface area contributed by atoms with Gasteiger partial charge in [-0.3, -0.25) is 0 Å². The summed E-state index contributed by atoms with van der Waals surface area (Å²) < 4.78 is 0. The Morgan fingerprint density at radius 2 is 1.64 bits per heavy atom. The van der Waals surface area contributed by atoms with Crippen molar-refractivity contribution in [2.75, 3.05) is 0 Å². The van der Waals surface area contributed by atoms with Crippen molar-refractivity contribution in [3.05, 3.63) is 53.7 Å². The maximum atomic E-state index is 3.36. The van der Waals surface area contributed by atoms with E-state index in [0.717, 1.165) is 0 Å². The number of benzene rings is 1. The van der Waals surface area contributed by atoms with E-state index in [-0.39, 0.29) is 0 Å². The van der Waals surface area contributed by atoms with Crippen LogP contribution in [0.25, 0.3) is 11.3 Å². The second kappa shape index (κ2) is 3.62. The van der Waals surface area contributed by atoms with Crippen molar-refractivity contribution in [1.82, 2.24) is 0 Å². The third-order valence-electron chi connectivity index (χ3n) is 2.23. The summed E-state index contributed by atoms with van der Waals surface area (Å²) in [7, 11) is 0. The van der Waals surface area contributed by atoms with Gasteiger partial charge in [0.1, 0.15) is 0 Å². The summed E-state index contributed by atoms with van der Waals surface area (Å²) in [6, 6.07) is 14.7. The van der Waals surface area contributed by atoms with Crippen LogP contribution in [0.2, 0.25) is 0 Å². The average Bonchev–Trinajstić information content (AvgIpc) is 2.18. The zero-order valence-electron chi connectivity index (χ0n) is 8.54. The number of pyridine rings is 1. The predicted octanol–water partition coefficient (Wildman–Crippen LogP) is 2.78. The fourth-order valence-corrected chi connectivity index (χ4v) is 1.67. The Balaban J connectivity index is 2.52. The molecule has 1 aromatic heterocycles. The lowest BCUT2D eigenvalue weighted by atomic mass is 10.1. The molecular formula is C13H14N+. The molecule has 0 unspecified atom stereocenters. The highest BCUT2D eigenvalue weighted by Crippen LogP contribution is 2.14. The molecule has 14 heavy (non-hydrogen) atoms. The average molecular weight is 184 g/mol. The molecule has 0 aliphatic carbocycles. The monoisotopic (exact) mass is 184 g/mol. The van der Waals surface area contributed by atoms with Gasteiger partial charge in [0.15, 0.2) is 5.69 Å². The van der Waals surface area contributed by atoms with Crippen LogP contribution < -0.4 is 4.98 Å². The fourth-order valence-electron chi connectivity index (χ4n) is 1.67. The molecule has 2 rings (SSSR count). The van der Waals surface area contributed by atoms with Crippen molar-refractivity contribution in [1.29, 1.82) is 0 Å². The van der Waals surface area contributed by atoms with Crippen LogP contribution >= 0.6 is 0 Å². The van der Waals surface area contributed by atoms with Gasteiger partial charge in [-0.15, -0.1) is 0 Å². The van der Waals surface area contributed by atoms with E-state index in [9.17, 15) is 0 Å². The molecule has 70 valence electrons. The third kappa shape index (κ3) is 1.82. The second-order valence-electron chi connectivity index (χ2n) is 3.62.